The van der Waals surface area contributed by atoms with Gasteiger partial charge in [0.15, 0.2) is 5.69 Å². The molecule has 0 atom stereocenters. The van der Waals surface area contributed by atoms with Crippen molar-refractivity contribution >= 4 is 5.97 Å². The normalized spacial score (nSPS) is 11.9. The number of carboxylic acids is 1. The molecule has 8 heteroatoms. The van der Waals surface area contributed by atoms with E-state index < -0.39 is 41.8 Å². The highest BCUT2D eigenvalue weighted by Crippen LogP contribution is 2.36. The fourth-order valence-electron chi connectivity index (χ4n) is 1.30. The summed E-state index contributed by atoms with van der Waals surface area (Å²) in [6.07, 6.45) is -8.73. The molecule has 0 amide bonds. The lowest BCUT2D eigenvalue weighted by Gasteiger charge is -2.14. The van der Waals surface area contributed by atoms with Gasteiger partial charge >= 0.3 is 12.1 Å². The van der Waals surface area contributed by atoms with Crippen LogP contribution in [0, 0.1) is 0 Å². The van der Waals surface area contributed by atoms with E-state index in [1.807, 2.05) is 0 Å². The molecule has 0 fully saturated rings. The maximum Gasteiger partial charge on any atom is 0.433 e. The Hall–Kier alpha value is -1.73. The highest BCUT2D eigenvalue weighted by atomic mass is 19.4. The van der Waals surface area contributed by atoms with Crippen molar-refractivity contribution in [2.45, 2.75) is 19.0 Å². The minimum absolute atomic E-state index is 0.588. The maximum atomic E-state index is 12.5. The van der Waals surface area contributed by atoms with Crippen LogP contribution in [0.15, 0.2) is 12.3 Å². The lowest BCUT2D eigenvalue weighted by atomic mass is 10.0. The zero-order valence-electron chi connectivity index (χ0n) is 8.13. The number of aromatic nitrogens is 1. The number of alkyl halides is 5. The molecule has 17 heavy (non-hydrogen) atoms. The molecule has 1 aromatic rings. The zero-order chi connectivity index (χ0) is 13.2. The van der Waals surface area contributed by atoms with E-state index in [1.54, 1.807) is 0 Å². The van der Waals surface area contributed by atoms with Crippen LogP contribution in [-0.4, -0.2) is 16.1 Å². The van der Waals surface area contributed by atoms with Crippen molar-refractivity contribution in [1.29, 1.82) is 0 Å². The summed E-state index contributed by atoms with van der Waals surface area (Å²) in [6, 6.07) is 0.838. The van der Waals surface area contributed by atoms with Crippen molar-refractivity contribution in [3.8, 4) is 0 Å². The summed E-state index contributed by atoms with van der Waals surface area (Å²) in [4.78, 5) is 13.2. The van der Waals surface area contributed by atoms with Crippen LogP contribution < -0.4 is 0 Å². The van der Waals surface area contributed by atoms with E-state index in [1.165, 1.54) is 0 Å². The van der Waals surface area contributed by atoms with Crippen LogP contribution in [0.5, 0.6) is 0 Å². The largest absolute Gasteiger partial charge is 0.481 e. The summed E-state index contributed by atoms with van der Waals surface area (Å²) < 4.78 is 62.2. The third kappa shape index (κ3) is 3.11. The van der Waals surface area contributed by atoms with Crippen LogP contribution in [0.25, 0.3) is 0 Å². The van der Waals surface area contributed by atoms with E-state index in [0.29, 0.717) is 6.20 Å². The molecule has 3 nitrogen and oxygen atoms in total. The molecule has 0 aliphatic carbocycles. The quantitative estimate of drug-likeness (QED) is 0.845. The molecule has 94 valence electrons. The summed E-state index contributed by atoms with van der Waals surface area (Å²) in [6.45, 7) is 0. The molecule has 1 heterocycles. The Kier molecular flexibility index (Phi) is 3.64. The second-order valence-corrected chi connectivity index (χ2v) is 3.10. The summed E-state index contributed by atoms with van der Waals surface area (Å²) >= 11 is 0. The first-order chi connectivity index (χ1) is 7.73. The molecule has 1 N–H and O–H groups in total. The summed E-state index contributed by atoms with van der Waals surface area (Å²) in [5, 5.41) is 8.42. The SMILES string of the molecule is O=C(O)Cc1ccnc(C(F)(F)F)c1C(F)F. The Morgan fingerprint density at radius 3 is 2.41 bits per heavy atom. The number of pyridine rings is 1. The first-order valence-corrected chi connectivity index (χ1v) is 4.28. The van der Waals surface area contributed by atoms with Gasteiger partial charge in [0.1, 0.15) is 0 Å². The van der Waals surface area contributed by atoms with Gasteiger partial charge in [-0.2, -0.15) is 13.2 Å². The number of halogens is 5. The second-order valence-electron chi connectivity index (χ2n) is 3.10. The summed E-state index contributed by atoms with van der Waals surface area (Å²) in [7, 11) is 0. The average Bonchev–Trinajstić information content (AvgIpc) is 2.14. The van der Waals surface area contributed by atoms with Crippen molar-refractivity contribution < 1.29 is 31.9 Å². The average molecular weight is 255 g/mol. The number of carboxylic acid groups (broad SMARTS) is 1. The van der Waals surface area contributed by atoms with E-state index in [9.17, 15) is 26.7 Å². The molecular weight excluding hydrogens is 249 g/mol. The lowest BCUT2D eigenvalue weighted by molar-refractivity contribution is -0.143. The van der Waals surface area contributed by atoms with Crippen LogP contribution in [0.4, 0.5) is 22.0 Å². The molecule has 0 aliphatic heterocycles. The van der Waals surface area contributed by atoms with Gasteiger partial charge in [0.05, 0.1) is 12.0 Å². The van der Waals surface area contributed by atoms with Gasteiger partial charge < -0.3 is 5.11 Å². The second kappa shape index (κ2) is 4.64. The fourth-order valence-corrected chi connectivity index (χ4v) is 1.30. The van der Waals surface area contributed by atoms with Gasteiger partial charge in [0, 0.05) is 6.20 Å². The van der Waals surface area contributed by atoms with Crippen molar-refractivity contribution in [3.05, 3.63) is 29.1 Å². The highest BCUT2D eigenvalue weighted by molar-refractivity contribution is 5.70. The predicted molar refractivity (Wildman–Crippen MR) is 45.5 cm³/mol. The molecule has 0 radical (unpaired) electrons. The number of nitrogens with zero attached hydrogens (tertiary/aromatic N) is 1. The third-order valence-corrected chi connectivity index (χ3v) is 1.91. The third-order valence-electron chi connectivity index (χ3n) is 1.91. The van der Waals surface area contributed by atoms with Crippen LogP contribution in [0.3, 0.4) is 0 Å². The minimum Gasteiger partial charge on any atom is -0.481 e. The monoisotopic (exact) mass is 255 g/mol. The number of hydrogen-bond donors (Lipinski definition) is 1. The Morgan fingerprint density at radius 1 is 1.41 bits per heavy atom. The number of carbonyl (C=O) groups is 1. The van der Waals surface area contributed by atoms with Gasteiger partial charge in [-0.05, 0) is 11.6 Å². The predicted octanol–water partition coefficient (Wildman–Crippen LogP) is 2.67. The topological polar surface area (TPSA) is 50.2 Å². The molecule has 1 aromatic heterocycles. The smallest absolute Gasteiger partial charge is 0.433 e. The Balaban J connectivity index is 3.37. The molecular formula is C9H6F5NO2. The van der Waals surface area contributed by atoms with E-state index in [2.05, 4.69) is 4.98 Å². The van der Waals surface area contributed by atoms with Crippen LogP contribution in [-0.2, 0) is 17.4 Å². The Morgan fingerprint density at radius 2 is 2.00 bits per heavy atom. The molecule has 0 aromatic carbocycles. The van der Waals surface area contributed by atoms with Gasteiger partial charge in [-0.25, -0.2) is 8.78 Å². The number of aliphatic carboxylic acids is 1. The van der Waals surface area contributed by atoms with Gasteiger partial charge in [0.25, 0.3) is 6.43 Å². The van der Waals surface area contributed by atoms with Crippen molar-refractivity contribution in [2.75, 3.05) is 0 Å². The van der Waals surface area contributed by atoms with Crippen molar-refractivity contribution in [1.82, 2.24) is 4.98 Å². The van der Waals surface area contributed by atoms with Crippen LogP contribution >= 0.6 is 0 Å². The first kappa shape index (κ1) is 13.3. The van der Waals surface area contributed by atoms with Crippen molar-refractivity contribution in [2.24, 2.45) is 0 Å². The van der Waals surface area contributed by atoms with Gasteiger partial charge in [-0.1, -0.05) is 0 Å². The number of rotatable bonds is 3. The zero-order valence-corrected chi connectivity index (χ0v) is 8.13. The highest BCUT2D eigenvalue weighted by Gasteiger charge is 2.38. The van der Waals surface area contributed by atoms with E-state index in [-0.39, 0.29) is 0 Å². The number of hydrogen-bond acceptors (Lipinski definition) is 2. The molecule has 0 aliphatic rings. The Labute approximate surface area is 91.9 Å². The van der Waals surface area contributed by atoms with E-state index in [0.717, 1.165) is 6.07 Å². The van der Waals surface area contributed by atoms with Crippen molar-refractivity contribution in [3.63, 3.8) is 0 Å². The lowest BCUT2D eigenvalue weighted by Crippen LogP contribution is -2.15. The van der Waals surface area contributed by atoms with Gasteiger partial charge in [-0.3, -0.25) is 9.78 Å². The molecule has 0 unspecified atom stereocenters. The van der Waals surface area contributed by atoms with Gasteiger partial charge in [0.2, 0.25) is 0 Å². The molecule has 0 spiro atoms. The first-order valence-electron chi connectivity index (χ1n) is 4.28. The molecule has 0 saturated carbocycles. The Bertz CT molecular complexity index is 430. The maximum absolute atomic E-state index is 12.5. The molecule has 1 rings (SSSR count). The fraction of sp³-hybridized carbons (Fsp3) is 0.333. The summed E-state index contributed by atoms with van der Waals surface area (Å²) in [5.41, 5.74) is -3.71. The van der Waals surface area contributed by atoms with E-state index in [4.69, 9.17) is 5.11 Å². The van der Waals surface area contributed by atoms with Crippen LogP contribution in [0.1, 0.15) is 23.2 Å². The van der Waals surface area contributed by atoms with Crippen LogP contribution in [0.2, 0.25) is 0 Å². The van der Waals surface area contributed by atoms with E-state index >= 15 is 0 Å². The standard InChI is InChI=1S/C9H6F5NO2/c10-8(11)6-4(3-5(16)17)1-2-15-7(6)9(12,13)14/h1-2,8H,3H2,(H,16,17). The molecule has 0 bridgehead atoms. The summed E-state index contributed by atoms with van der Waals surface area (Å²) in [5.74, 6) is -1.49. The minimum atomic E-state index is -5.04. The molecule has 0 saturated heterocycles. The van der Waals surface area contributed by atoms with Gasteiger partial charge in [-0.15, -0.1) is 0 Å².